The number of nitrogens with two attached hydrogens (primary N) is 3. The highest BCUT2D eigenvalue weighted by atomic mass is 35.7. The lowest BCUT2D eigenvalue weighted by Gasteiger charge is -2.05. The van der Waals surface area contributed by atoms with Gasteiger partial charge in [-0.25, -0.2) is 30.0 Å². The van der Waals surface area contributed by atoms with Crippen LogP contribution in [-0.2, 0) is 40.4 Å². The number of rotatable bonds is 13. The predicted molar refractivity (Wildman–Crippen MR) is 201 cm³/mol. The van der Waals surface area contributed by atoms with Crippen LogP contribution in [-0.4, -0.2) is 68.2 Å². The average molecular weight is 771 g/mol. The molecule has 1 amide bonds. The number of alkyl carbamates (subject to hydrolysis) is 1. The Morgan fingerprint density at radius 2 is 0.980 bits per heavy atom. The van der Waals surface area contributed by atoms with Gasteiger partial charge in [-0.3, -0.25) is 9.44 Å². The molecule has 0 aliphatic rings. The van der Waals surface area contributed by atoms with E-state index in [1.54, 1.807) is 48.5 Å². The Hall–Kier alpha value is -4.39. The van der Waals surface area contributed by atoms with Crippen molar-refractivity contribution in [3.63, 3.8) is 0 Å². The summed E-state index contributed by atoms with van der Waals surface area (Å²) in [7, 11) is -5.13. The van der Waals surface area contributed by atoms with Crippen molar-refractivity contribution in [2.75, 3.05) is 52.1 Å². The van der Waals surface area contributed by atoms with Crippen LogP contribution in [0.1, 0.15) is 5.56 Å². The Balaban J connectivity index is 0.000000345. The van der Waals surface area contributed by atoms with Crippen LogP contribution in [0.5, 0.6) is 0 Å². The van der Waals surface area contributed by atoms with Gasteiger partial charge in [0.1, 0.15) is 6.61 Å². The molecule has 4 rings (SSSR count). The molecule has 0 atom stereocenters. The van der Waals surface area contributed by atoms with Gasteiger partial charge in [-0.2, -0.15) is 0 Å². The first-order chi connectivity index (χ1) is 23.6. The van der Waals surface area contributed by atoms with Gasteiger partial charge in [0.05, 0.1) is 17.3 Å². The number of ether oxygens (including phenoxy) is 1. The van der Waals surface area contributed by atoms with Gasteiger partial charge >= 0.3 is 6.09 Å². The van der Waals surface area contributed by atoms with E-state index in [0.717, 1.165) is 11.3 Å². The summed E-state index contributed by atoms with van der Waals surface area (Å²) in [5.41, 5.74) is 18.5. The van der Waals surface area contributed by atoms with Gasteiger partial charge in [-0.05, 0) is 42.0 Å². The minimum Gasteiger partial charge on any atom is -0.445 e. The van der Waals surface area contributed by atoms with E-state index in [-0.39, 0.29) is 43.5 Å². The fourth-order valence-electron chi connectivity index (χ4n) is 3.29. The number of hydrogen-bond donors (Lipinski definition) is 6. The Morgan fingerprint density at radius 3 is 1.32 bits per heavy atom. The molecular weight excluding hydrogens is 728 g/mol. The second-order valence-electron chi connectivity index (χ2n) is 9.79. The number of anilines is 3. The number of amides is 1. The van der Waals surface area contributed by atoms with Crippen LogP contribution in [0.3, 0.4) is 0 Å². The number of benzene rings is 4. The van der Waals surface area contributed by atoms with Crippen LogP contribution in [0, 0.1) is 0 Å². The minimum absolute atomic E-state index is 0.0537. The van der Waals surface area contributed by atoms with Crippen molar-refractivity contribution in [2.24, 2.45) is 11.5 Å². The summed E-state index contributed by atoms with van der Waals surface area (Å²) in [4.78, 5) is 11.1. The van der Waals surface area contributed by atoms with Crippen molar-refractivity contribution in [1.82, 2.24) is 5.32 Å². The zero-order valence-corrected chi connectivity index (χ0v) is 30.3. The fraction of sp³-hybridized carbons (Fsp3) is 0.219. The van der Waals surface area contributed by atoms with Crippen molar-refractivity contribution in [1.29, 1.82) is 0 Å². The number of nitrogens with one attached hydrogen (secondary N) is 3. The summed E-state index contributed by atoms with van der Waals surface area (Å²) >= 11 is 0. The van der Waals surface area contributed by atoms with E-state index in [1.165, 1.54) is 0 Å². The average Bonchev–Trinajstić information content (AvgIpc) is 3.05. The van der Waals surface area contributed by atoms with Gasteiger partial charge in [0.2, 0.25) is 29.1 Å². The first-order valence-electron chi connectivity index (χ1n) is 14.8. The lowest BCUT2D eigenvalue weighted by Crippen LogP contribution is -2.28. The molecular formula is C32H43ClN6O8S3. The minimum atomic E-state index is -3.58. The molecule has 50 heavy (non-hydrogen) atoms. The zero-order valence-electron chi connectivity index (χ0n) is 27.1. The van der Waals surface area contributed by atoms with Crippen molar-refractivity contribution in [3.8, 4) is 0 Å². The molecule has 0 aliphatic heterocycles. The van der Waals surface area contributed by atoms with E-state index in [2.05, 4.69) is 14.8 Å². The van der Waals surface area contributed by atoms with E-state index in [4.69, 9.17) is 32.6 Å². The highest BCUT2D eigenvalue weighted by molar-refractivity contribution is 8.13. The van der Waals surface area contributed by atoms with Crippen LogP contribution < -0.4 is 32.0 Å². The zero-order chi connectivity index (χ0) is 37.3. The molecule has 0 aromatic heterocycles. The largest absolute Gasteiger partial charge is 0.445 e. The molecule has 0 saturated carbocycles. The first-order valence-corrected chi connectivity index (χ1v) is 20.6. The van der Waals surface area contributed by atoms with Gasteiger partial charge < -0.3 is 27.3 Å². The standard InChI is InChI=1S/C10H12ClNO4S.2C8H12N2O2S.C6H7N/c11-17(14,15)7-6-12-10(13)16-8-9-4-2-1-3-5-9;2*9-6-7-13(11,12)10-8-4-2-1-3-5-8;7-6-4-2-1-3-5-6/h1-5H,6-8H2,(H,12,13);2*1-5,10H,6-7,9H2;1-5H,7H2. The highest BCUT2D eigenvalue weighted by Gasteiger charge is 2.09. The molecule has 0 radical (unpaired) electrons. The van der Waals surface area contributed by atoms with Crippen LogP contribution in [0.15, 0.2) is 121 Å². The Kier molecular flexibility index (Phi) is 20.8. The van der Waals surface area contributed by atoms with Crippen molar-refractivity contribution in [3.05, 3.63) is 127 Å². The SMILES string of the molecule is NCCS(=O)(=O)Nc1ccccc1.NCCS(=O)(=O)Nc1ccccc1.Nc1ccccc1.O=C(NCCS(=O)(=O)Cl)OCc1ccccc1. The van der Waals surface area contributed by atoms with E-state index < -0.39 is 35.2 Å². The number of hydrogen-bond acceptors (Lipinski definition) is 11. The number of sulfonamides is 2. The molecule has 0 heterocycles. The van der Waals surface area contributed by atoms with Crippen LogP contribution >= 0.6 is 10.7 Å². The van der Waals surface area contributed by atoms with Gasteiger partial charge in [0.15, 0.2) is 0 Å². The third kappa shape index (κ3) is 23.9. The molecule has 274 valence electrons. The molecule has 0 fully saturated rings. The molecule has 4 aromatic rings. The smallest absolute Gasteiger partial charge is 0.407 e. The van der Waals surface area contributed by atoms with Crippen LogP contribution in [0.2, 0.25) is 0 Å². The summed E-state index contributed by atoms with van der Waals surface area (Å²) in [5.74, 6) is -0.432. The molecule has 9 N–H and O–H groups in total. The fourth-order valence-corrected chi connectivity index (χ4v) is 5.68. The first kappa shape index (κ1) is 43.6. The summed E-state index contributed by atoms with van der Waals surface area (Å²) in [5, 5.41) is 2.28. The van der Waals surface area contributed by atoms with Crippen LogP contribution in [0.25, 0.3) is 0 Å². The lowest BCUT2D eigenvalue weighted by atomic mass is 10.2. The number of halogens is 1. The van der Waals surface area contributed by atoms with E-state index in [9.17, 15) is 30.0 Å². The molecule has 18 heteroatoms. The summed E-state index contributed by atoms with van der Waals surface area (Å²) in [6.07, 6.45) is -0.672. The number of carbonyl (C=O) groups is 1. The monoisotopic (exact) mass is 770 g/mol. The van der Waals surface area contributed by atoms with Crippen molar-refractivity contribution >= 4 is 62.9 Å². The van der Waals surface area contributed by atoms with Crippen molar-refractivity contribution < 1.29 is 34.8 Å². The third-order valence-electron chi connectivity index (χ3n) is 5.49. The molecule has 0 saturated heterocycles. The molecule has 4 aromatic carbocycles. The maximum Gasteiger partial charge on any atom is 0.407 e. The maximum absolute atomic E-state index is 11.2. The number of carbonyl (C=O) groups excluding carboxylic acids is 1. The quantitative estimate of drug-likeness (QED) is 0.0849. The second kappa shape index (κ2) is 23.9. The Morgan fingerprint density at radius 1 is 0.600 bits per heavy atom. The van der Waals surface area contributed by atoms with Crippen LogP contribution in [0.4, 0.5) is 21.9 Å². The maximum atomic E-state index is 11.2. The molecule has 0 aliphatic carbocycles. The summed E-state index contributed by atoms with van der Waals surface area (Å²) in [6.45, 7) is 0.324. The van der Waals surface area contributed by atoms with E-state index in [1.807, 2.05) is 72.8 Å². The number of para-hydroxylation sites is 3. The molecule has 14 nitrogen and oxygen atoms in total. The van der Waals surface area contributed by atoms with Crippen molar-refractivity contribution in [2.45, 2.75) is 6.61 Å². The molecule has 0 unspecified atom stereocenters. The molecule has 0 spiro atoms. The van der Waals surface area contributed by atoms with E-state index in [0.29, 0.717) is 11.4 Å². The second-order valence-corrected chi connectivity index (χ2v) is 16.4. The van der Waals surface area contributed by atoms with Gasteiger partial charge in [0.25, 0.3) is 0 Å². The topological polar surface area (TPSA) is 243 Å². The Bertz CT molecular complexity index is 1750. The number of nitrogen functional groups attached to an aromatic ring is 1. The lowest BCUT2D eigenvalue weighted by molar-refractivity contribution is 0.140. The molecule has 0 bridgehead atoms. The summed E-state index contributed by atoms with van der Waals surface area (Å²) in [6, 6.07) is 36.1. The van der Waals surface area contributed by atoms with Gasteiger partial charge in [0, 0.05) is 47.4 Å². The third-order valence-corrected chi connectivity index (χ3v) is 9.29. The highest BCUT2D eigenvalue weighted by Crippen LogP contribution is 2.08. The normalized spacial score (nSPS) is 10.7. The summed E-state index contributed by atoms with van der Waals surface area (Å²) < 4.78 is 75.6. The van der Waals surface area contributed by atoms with E-state index >= 15 is 0 Å². The van der Waals surface area contributed by atoms with Gasteiger partial charge in [-0.15, -0.1) is 0 Å². The Labute approximate surface area is 298 Å². The van der Waals surface area contributed by atoms with Gasteiger partial charge in [-0.1, -0.05) is 84.9 Å². The predicted octanol–water partition coefficient (Wildman–Crippen LogP) is 3.52.